The average molecular weight is 280 g/mol. The quantitative estimate of drug-likeness (QED) is 0.884. The number of fused-ring (bicyclic) bond motifs is 1. The molecular formula is C10H10BrN5. The van der Waals surface area contributed by atoms with Crippen LogP contribution in [0.3, 0.4) is 0 Å². The zero-order valence-corrected chi connectivity index (χ0v) is 10.0. The highest BCUT2D eigenvalue weighted by Gasteiger charge is 2.10. The number of benzene rings is 1. The van der Waals surface area contributed by atoms with Crippen LogP contribution in [0, 0.1) is 0 Å². The van der Waals surface area contributed by atoms with Crippen molar-refractivity contribution in [1.29, 1.82) is 0 Å². The first kappa shape index (κ1) is 9.65. The lowest BCUT2D eigenvalue weighted by Crippen LogP contribution is -2.26. The Kier molecular flexibility index (Phi) is 2.28. The summed E-state index contributed by atoms with van der Waals surface area (Å²) in [5, 5.41) is 1.96. The number of nitrogens with one attached hydrogen (secondary N) is 2. The Morgan fingerprint density at radius 2 is 2.38 bits per heavy atom. The summed E-state index contributed by atoms with van der Waals surface area (Å²) in [5.41, 5.74) is 6.22. The van der Waals surface area contributed by atoms with Gasteiger partial charge in [0, 0.05) is 0 Å². The summed E-state index contributed by atoms with van der Waals surface area (Å²) < 4.78 is 0.964. The first-order valence-corrected chi connectivity index (χ1v) is 5.79. The summed E-state index contributed by atoms with van der Waals surface area (Å²) in [5.74, 6) is 0. The third kappa shape index (κ3) is 1.55. The van der Waals surface area contributed by atoms with Crippen molar-refractivity contribution in [3.8, 4) is 0 Å². The zero-order valence-electron chi connectivity index (χ0n) is 8.44. The lowest BCUT2D eigenvalue weighted by molar-refractivity contribution is 0.557. The topological polar surface area (TPSA) is 56.3 Å². The molecule has 0 aliphatic carbocycles. The number of rotatable bonds is 2. The number of imidazole rings is 1. The number of hydrogen-bond acceptors (Lipinski definition) is 4. The second kappa shape index (κ2) is 3.79. The fraction of sp³-hybridized carbons (Fsp3) is 0.200. The molecule has 0 unspecified atom stereocenters. The molecule has 16 heavy (non-hydrogen) atoms. The van der Waals surface area contributed by atoms with E-state index in [1.54, 1.807) is 12.7 Å². The van der Waals surface area contributed by atoms with E-state index >= 15 is 0 Å². The van der Waals surface area contributed by atoms with Crippen LogP contribution in [-0.2, 0) is 0 Å². The molecule has 0 atom stereocenters. The van der Waals surface area contributed by atoms with E-state index in [0.29, 0.717) is 0 Å². The Morgan fingerprint density at radius 1 is 1.44 bits per heavy atom. The molecule has 1 aliphatic heterocycles. The predicted octanol–water partition coefficient (Wildman–Crippen LogP) is 2.00. The van der Waals surface area contributed by atoms with Gasteiger partial charge in [-0.3, -0.25) is 15.4 Å². The molecule has 3 rings (SSSR count). The van der Waals surface area contributed by atoms with Gasteiger partial charge in [0.25, 0.3) is 0 Å². The smallest absolute Gasteiger partial charge is 0.105 e. The Morgan fingerprint density at radius 3 is 3.19 bits per heavy atom. The molecule has 2 heterocycles. The standard InChI is InChI=1S/C10H10BrN5/c11-9-7(15-16-4-3-12-6-16)1-2-8-10(9)14-5-13-8/h1-2,5-6,15H,3-4H2,(H,13,14). The van der Waals surface area contributed by atoms with Crippen LogP contribution < -0.4 is 5.43 Å². The van der Waals surface area contributed by atoms with Crippen LogP contribution >= 0.6 is 15.9 Å². The number of nitrogens with zero attached hydrogens (tertiary/aromatic N) is 3. The maximum Gasteiger partial charge on any atom is 0.105 e. The molecule has 2 N–H and O–H groups in total. The molecular weight excluding hydrogens is 270 g/mol. The molecule has 1 aliphatic rings. The molecule has 82 valence electrons. The number of H-pyrrole nitrogens is 1. The fourth-order valence-corrected chi connectivity index (χ4v) is 2.22. The molecule has 0 saturated heterocycles. The Hall–Kier alpha value is -1.56. The number of anilines is 1. The third-order valence-electron chi connectivity index (χ3n) is 2.48. The van der Waals surface area contributed by atoms with Gasteiger partial charge in [0.1, 0.15) is 11.9 Å². The second-order valence-electron chi connectivity index (χ2n) is 3.55. The van der Waals surface area contributed by atoms with E-state index in [-0.39, 0.29) is 0 Å². The molecule has 0 fully saturated rings. The SMILES string of the molecule is Brc1c(NN2C=NCC2)ccc2[nH]cnc12. The van der Waals surface area contributed by atoms with Crippen molar-refractivity contribution in [1.82, 2.24) is 15.0 Å². The number of aromatic amines is 1. The van der Waals surface area contributed by atoms with Crippen LogP contribution in [0.2, 0.25) is 0 Å². The van der Waals surface area contributed by atoms with Crippen molar-refractivity contribution in [3.05, 3.63) is 22.9 Å². The van der Waals surface area contributed by atoms with Gasteiger partial charge in [-0.25, -0.2) is 4.98 Å². The maximum absolute atomic E-state index is 4.26. The maximum atomic E-state index is 4.26. The van der Waals surface area contributed by atoms with Crippen molar-refractivity contribution < 1.29 is 0 Å². The van der Waals surface area contributed by atoms with Gasteiger partial charge in [-0.1, -0.05) is 0 Å². The largest absolute Gasteiger partial charge is 0.345 e. The Labute approximate surface area is 101 Å². The summed E-state index contributed by atoms with van der Waals surface area (Å²) >= 11 is 3.55. The molecule has 1 aromatic heterocycles. The summed E-state index contributed by atoms with van der Waals surface area (Å²) in [6.07, 6.45) is 3.50. The van der Waals surface area contributed by atoms with E-state index in [0.717, 1.165) is 34.3 Å². The van der Waals surface area contributed by atoms with Gasteiger partial charge in [-0.15, -0.1) is 0 Å². The van der Waals surface area contributed by atoms with Crippen molar-refractivity contribution in [2.75, 3.05) is 18.5 Å². The molecule has 0 radical (unpaired) electrons. The minimum atomic E-state index is 0.843. The van der Waals surface area contributed by atoms with Crippen molar-refractivity contribution in [3.63, 3.8) is 0 Å². The number of aliphatic imine (C=N–C) groups is 1. The molecule has 5 nitrogen and oxygen atoms in total. The normalized spacial score (nSPS) is 14.9. The van der Waals surface area contributed by atoms with E-state index in [4.69, 9.17) is 0 Å². The first-order valence-electron chi connectivity index (χ1n) is 4.99. The summed E-state index contributed by atoms with van der Waals surface area (Å²) in [6.45, 7) is 1.74. The monoisotopic (exact) mass is 279 g/mol. The Balaban J connectivity index is 1.96. The van der Waals surface area contributed by atoms with Crippen LogP contribution in [0.5, 0.6) is 0 Å². The van der Waals surface area contributed by atoms with Gasteiger partial charge in [0.2, 0.25) is 0 Å². The Bertz CT molecular complexity index is 547. The number of halogens is 1. The van der Waals surface area contributed by atoms with Gasteiger partial charge < -0.3 is 4.98 Å². The summed E-state index contributed by atoms with van der Waals surface area (Å²) in [4.78, 5) is 11.5. The van der Waals surface area contributed by atoms with Crippen molar-refractivity contribution in [2.45, 2.75) is 0 Å². The van der Waals surface area contributed by atoms with Gasteiger partial charge >= 0.3 is 0 Å². The fourth-order valence-electron chi connectivity index (χ4n) is 1.68. The highest BCUT2D eigenvalue weighted by Crippen LogP contribution is 2.29. The number of aromatic nitrogens is 2. The van der Waals surface area contributed by atoms with Gasteiger partial charge in [0.05, 0.1) is 35.1 Å². The second-order valence-corrected chi connectivity index (χ2v) is 4.35. The minimum Gasteiger partial charge on any atom is -0.345 e. The third-order valence-corrected chi connectivity index (χ3v) is 3.29. The molecule has 2 aromatic rings. The van der Waals surface area contributed by atoms with Gasteiger partial charge in [-0.2, -0.15) is 0 Å². The molecule has 0 amide bonds. The van der Waals surface area contributed by atoms with Crippen molar-refractivity contribution in [2.24, 2.45) is 4.99 Å². The summed E-state index contributed by atoms with van der Waals surface area (Å²) in [7, 11) is 0. The molecule has 0 spiro atoms. The lowest BCUT2D eigenvalue weighted by Gasteiger charge is -2.17. The van der Waals surface area contributed by atoms with E-state index in [2.05, 4.69) is 36.3 Å². The van der Waals surface area contributed by atoms with Crippen molar-refractivity contribution >= 4 is 39.0 Å². The molecule has 6 heteroatoms. The number of hydrazine groups is 1. The minimum absolute atomic E-state index is 0.843. The van der Waals surface area contributed by atoms with Crippen LogP contribution in [0.25, 0.3) is 11.0 Å². The molecule has 0 bridgehead atoms. The average Bonchev–Trinajstić information content (AvgIpc) is 2.93. The highest BCUT2D eigenvalue weighted by molar-refractivity contribution is 9.10. The highest BCUT2D eigenvalue weighted by atomic mass is 79.9. The molecule has 0 saturated carbocycles. The van der Waals surface area contributed by atoms with E-state index in [1.807, 2.05) is 17.1 Å². The van der Waals surface area contributed by atoms with Gasteiger partial charge in [0.15, 0.2) is 0 Å². The van der Waals surface area contributed by atoms with E-state index in [9.17, 15) is 0 Å². The van der Waals surface area contributed by atoms with Gasteiger partial charge in [-0.05, 0) is 28.1 Å². The van der Waals surface area contributed by atoms with Crippen LogP contribution in [-0.4, -0.2) is 34.4 Å². The van der Waals surface area contributed by atoms with E-state index < -0.39 is 0 Å². The van der Waals surface area contributed by atoms with Crippen LogP contribution in [0.15, 0.2) is 27.9 Å². The predicted molar refractivity (Wildman–Crippen MR) is 67.5 cm³/mol. The zero-order chi connectivity index (χ0) is 11.0. The summed E-state index contributed by atoms with van der Waals surface area (Å²) in [6, 6.07) is 4.01. The first-order chi connectivity index (χ1) is 7.84. The van der Waals surface area contributed by atoms with Crippen LogP contribution in [0.1, 0.15) is 0 Å². The molecule has 1 aromatic carbocycles. The number of hydrogen-bond donors (Lipinski definition) is 2. The van der Waals surface area contributed by atoms with Crippen LogP contribution in [0.4, 0.5) is 5.69 Å². The van der Waals surface area contributed by atoms with E-state index in [1.165, 1.54) is 0 Å². The lowest BCUT2D eigenvalue weighted by atomic mass is 10.3.